The molecular weight excluding hydrogens is 178 g/mol. The topological polar surface area (TPSA) is 49.0 Å². The van der Waals surface area contributed by atoms with Gasteiger partial charge in [-0.05, 0) is 24.3 Å². The van der Waals surface area contributed by atoms with Crippen molar-refractivity contribution in [3.63, 3.8) is 0 Å². The van der Waals surface area contributed by atoms with Crippen LogP contribution < -0.4 is 5.32 Å². The summed E-state index contributed by atoms with van der Waals surface area (Å²) < 4.78 is 0. The van der Waals surface area contributed by atoms with Crippen molar-refractivity contribution in [3.8, 4) is 0 Å². The summed E-state index contributed by atoms with van der Waals surface area (Å²) in [5.41, 5.74) is 0.584. The van der Waals surface area contributed by atoms with Crippen molar-refractivity contribution in [1.29, 1.82) is 0 Å². The Morgan fingerprint density at radius 3 is 2.42 bits per heavy atom. The van der Waals surface area contributed by atoms with Gasteiger partial charge in [-0.25, -0.2) is 5.11 Å². The first-order chi connectivity index (χ1) is 5.72. The monoisotopic (exact) mass is 184 g/mol. The van der Waals surface area contributed by atoms with Gasteiger partial charge in [0.2, 0.25) is 0 Å². The molecule has 1 rings (SSSR count). The summed E-state index contributed by atoms with van der Waals surface area (Å²) in [7, 11) is 0. The Kier molecular flexibility index (Phi) is 3.08. The Bertz CT molecular complexity index is 271. The van der Waals surface area contributed by atoms with Crippen LogP contribution in [-0.4, -0.2) is 12.5 Å². The largest absolute Gasteiger partial charge is 0.324 e. The summed E-state index contributed by atoms with van der Waals surface area (Å²) in [6, 6.07) is 6.55. The van der Waals surface area contributed by atoms with Crippen molar-refractivity contribution < 1.29 is 9.90 Å². The van der Waals surface area contributed by atoms with Crippen LogP contribution in [0.1, 0.15) is 0 Å². The molecule has 0 bridgehead atoms. The highest BCUT2D eigenvalue weighted by atomic mass is 35.5. The molecule has 4 heteroatoms. The van der Waals surface area contributed by atoms with Gasteiger partial charge in [0, 0.05) is 10.7 Å². The van der Waals surface area contributed by atoms with Crippen LogP contribution in [0.5, 0.6) is 0 Å². The third kappa shape index (κ3) is 2.53. The first-order valence-electron chi connectivity index (χ1n) is 3.36. The van der Waals surface area contributed by atoms with Gasteiger partial charge in [-0.1, -0.05) is 11.6 Å². The molecule has 0 aliphatic rings. The second-order valence-electron chi connectivity index (χ2n) is 2.20. The zero-order chi connectivity index (χ0) is 8.97. The van der Waals surface area contributed by atoms with Crippen molar-refractivity contribution >= 4 is 23.2 Å². The minimum absolute atomic E-state index is 0.544. The predicted octanol–water partition coefficient (Wildman–Crippen LogP) is 1.71. The fourth-order valence-corrected chi connectivity index (χ4v) is 0.856. The maximum absolute atomic E-state index is 10.6. The molecule has 0 saturated carbocycles. The van der Waals surface area contributed by atoms with E-state index in [1.165, 1.54) is 0 Å². The Labute approximate surface area is 75.0 Å². The number of carbonyl (C=O) groups is 1. The van der Waals surface area contributed by atoms with Crippen molar-refractivity contribution in [2.45, 2.75) is 0 Å². The Hall–Kier alpha value is -1.06. The minimum Gasteiger partial charge on any atom is -0.324 e. The maximum Gasteiger partial charge on any atom is 0.253 e. The van der Waals surface area contributed by atoms with E-state index in [1.54, 1.807) is 24.3 Å². The van der Waals surface area contributed by atoms with E-state index in [0.717, 1.165) is 0 Å². The lowest BCUT2D eigenvalue weighted by molar-refractivity contribution is -0.120. The van der Waals surface area contributed by atoms with E-state index < -0.39 is 12.5 Å². The number of carbonyl (C=O) groups excluding carboxylic acids is 1. The number of hydrogen-bond acceptors (Lipinski definition) is 1. The summed E-state index contributed by atoms with van der Waals surface area (Å²) >= 11 is 5.61. The zero-order valence-electron chi connectivity index (χ0n) is 6.21. The molecule has 0 aliphatic carbocycles. The van der Waals surface area contributed by atoms with Crippen molar-refractivity contribution in [1.82, 2.24) is 0 Å². The summed E-state index contributed by atoms with van der Waals surface area (Å²) in [5.74, 6) is -0.544. The Morgan fingerprint density at radius 2 is 1.92 bits per heavy atom. The molecule has 12 heavy (non-hydrogen) atoms. The van der Waals surface area contributed by atoms with Gasteiger partial charge in [0.1, 0.15) is 0 Å². The molecule has 1 N–H and O–H groups in total. The molecule has 63 valence electrons. The van der Waals surface area contributed by atoms with Crippen LogP contribution in [-0.2, 0) is 9.90 Å². The van der Waals surface area contributed by atoms with E-state index in [0.29, 0.717) is 10.7 Å². The van der Waals surface area contributed by atoms with E-state index in [4.69, 9.17) is 11.6 Å². The molecular formula is C8H7ClNO2. The van der Waals surface area contributed by atoms with Crippen molar-refractivity contribution in [3.05, 3.63) is 29.3 Å². The normalized spacial score (nSPS) is 9.50. The van der Waals surface area contributed by atoms with Crippen molar-refractivity contribution in [2.75, 3.05) is 11.9 Å². The second-order valence-corrected chi connectivity index (χ2v) is 2.64. The fraction of sp³-hybridized carbons (Fsp3) is 0.125. The van der Waals surface area contributed by atoms with Gasteiger partial charge in [-0.2, -0.15) is 0 Å². The highest BCUT2D eigenvalue weighted by Gasteiger charge is 1.99. The average Bonchev–Trinajstić information content (AvgIpc) is 2.09. The number of benzene rings is 1. The van der Waals surface area contributed by atoms with E-state index in [9.17, 15) is 9.90 Å². The number of anilines is 1. The molecule has 0 atom stereocenters. The Morgan fingerprint density at radius 1 is 1.33 bits per heavy atom. The summed E-state index contributed by atoms with van der Waals surface area (Å²) in [5, 5.41) is 13.1. The van der Waals surface area contributed by atoms with Gasteiger partial charge in [-0.3, -0.25) is 4.79 Å². The molecule has 1 radical (unpaired) electrons. The van der Waals surface area contributed by atoms with Crippen LogP contribution in [0, 0.1) is 0 Å². The second kappa shape index (κ2) is 4.09. The number of hydrogen-bond donors (Lipinski definition) is 1. The smallest absolute Gasteiger partial charge is 0.253 e. The van der Waals surface area contributed by atoms with E-state index in [1.807, 2.05) is 0 Å². The molecule has 0 aromatic heterocycles. The number of rotatable bonds is 2. The summed E-state index contributed by atoms with van der Waals surface area (Å²) in [4.78, 5) is 10.6. The molecule has 0 fully saturated rings. The Balaban J connectivity index is 2.64. The molecule has 0 spiro atoms. The molecule has 0 saturated heterocycles. The van der Waals surface area contributed by atoms with Gasteiger partial charge in [-0.15, -0.1) is 0 Å². The van der Waals surface area contributed by atoms with Gasteiger partial charge < -0.3 is 5.32 Å². The van der Waals surface area contributed by atoms with Crippen molar-refractivity contribution in [2.24, 2.45) is 0 Å². The highest BCUT2D eigenvalue weighted by molar-refractivity contribution is 6.30. The number of halogens is 1. The summed E-state index contributed by atoms with van der Waals surface area (Å²) in [6.45, 7) is -0.761. The first-order valence-corrected chi connectivity index (χ1v) is 3.73. The highest BCUT2D eigenvalue weighted by Crippen LogP contribution is 2.12. The standard InChI is InChI=1S/C8H7ClNO2/c9-6-1-3-7(4-2-6)10-8(12)5-11/h1-4H,5H2,(H,10,12). The van der Waals surface area contributed by atoms with Crippen LogP contribution in [0.15, 0.2) is 24.3 Å². The lowest BCUT2D eigenvalue weighted by Crippen LogP contribution is -2.14. The van der Waals surface area contributed by atoms with E-state index >= 15 is 0 Å². The van der Waals surface area contributed by atoms with Gasteiger partial charge in [0.05, 0.1) is 0 Å². The third-order valence-electron chi connectivity index (χ3n) is 1.26. The molecule has 1 aromatic rings. The minimum atomic E-state index is -0.761. The van der Waals surface area contributed by atoms with Crippen LogP contribution in [0.25, 0.3) is 0 Å². The molecule has 1 aromatic carbocycles. The fourth-order valence-electron chi connectivity index (χ4n) is 0.730. The number of nitrogens with one attached hydrogen (secondary N) is 1. The maximum atomic E-state index is 10.6. The number of amides is 1. The quantitative estimate of drug-likeness (QED) is 0.748. The van der Waals surface area contributed by atoms with Crippen LogP contribution in [0.3, 0.4) is 0 Å². The predicted molar refractivity (Wildman–Crippen MR) is 45.6 cm³/mol. The van der Waals surface area contributed by atoms with Gasteiger partial charge in [0.25, 0.3) is 5.91 Å². The lowest BCUT2D eigenvalue weighted by Gasteiger charge is -2.00. The first kappa shape index (κ1) is 9.03. The SMILES string of the molecule is [O]CC(=O)Nc1ccc(Cl)cc1. The molecule has 0 aliphatic heterocycles. The third-order valence-corrected chi connectivity index (χ3v) is 1.51. The molecule has 0 unspecified atom stereocenters. The van der Waals surface area contributed by atoms with Crippen LogP contribution in [0.4, 0.5) is 5.69 Å². The molecule has 3 nitrogen and oxygen atoms in total. The lowest BCUT2D eigenvalue weighted by atomic mass is 10.3. The van der Waals surface area contributed by atoms with Gasteiger partial charge >= 0.3 is 0 Å². The van der Waals surface area contributed by atoms with E-state index in [2.05, 4.69) is 5.32 Å². The summed E-state index contributed by atoms with van der Waals surface area (Å²) in [6.07, 6.45) is 0. The molecule has 1 amide bonds. The van der Waals surface area contributed by atoms with Gasteiger partial charge in [0.15, 0.2) is 6.61 Å². The van der Waals surface area contributed by atoms with E-state index in [-0.39, 0.29) is 0 Å². The van der Waals surface area contributed by atoms with Crippen LogP contribution in [0.2, 0.25) is 5.02 Å². The zero-order valence-corrected chi connectivity index (χ0v) is 6.97. The average molecular weight is 185 g/mol. The molecule has 0 heterocycles. The van der Waals surface area contributed by atoms with Crippen LogP contribution >= 0.6 is 11.6 Å².